The Hall–Kier alpha value is -1.10. The lowest BCUT2D eigenvalue weighted by atomic mass is 9.89. The Labute approximate surface area is 95.6 Å². The molecule has 0 spiro atoms. The van der Waals surface area contributed by atoms with Crippen LogP contribution in [-0.2, 0) is 9.59 Å². The second kappa shape index (κ2) is 5.30. The molecule has 0 aromatic carbocycles. The van der Waals surface area contributed by atoms with Crippen molar-refractivity contribution in [3.63, 3.8) is 0 Å². The highest BCUT2D eigenvalue weighted by atomic mass is 16.4. The molecular formula is C11H20N2O3. The van der Waals surface area contributed by atoms with Crippen LogP contribution in [0.2, 0.25) is 0 Å². The summed E-state index contributed by atoms with van der Waals surface area (Å²) in [5.41, 5.74) is -0.989. The summed E-state index contributed by atoms with van der Waals surface area (Å²) in [4.78, 5) is 22.5. The van der Waals surface area contributed by atoms with E-state index < -0.39 is 11.4 Å². The second-order valence-corrected chi connectivity index (χ2v) is 4.96. The summed E-state index contributed by atoms with van der Waals surface area (Å²) in [6.45, 7) is 4.95. The first-order valence-corrected chi connectivity index (χ1v) is 5.65. The minimum absolute atomic E-state index is 0.0340. The number of carboxylic acids is 1. The predicted octanol–water partition coefficient (Wildman–Crippen LogP) is 0.355. The van der Waals surface area contributed by atoms with Gasteiger partial charge in [0.2, 0.25) is 5.91 Å². The van der Waals surface area contributed by atoms with Crippen molar-refractivity contribution in [2.75, 3.05) is 13.1 Å². The van der Waals surface area contributed by atoms with Crippen LogP contribution >= 0.6 is 0 Å². The Kier molecular flexibility index (Phi) is 4.29. The lowest BCUT2D eigenvalue weighted by molar-refractivity contribution is -0.149. The van der Waals surface area contributed by atoms with Crippen molar-refractivity contribution in [1.29, 1.82) is 0 Å². The molecular weight excluding hydrogens is 208 g/mol. The standard InChI is InChI=1S/C11H20N2O3/c1-11(2,10(15)16)7-9(14)13-8-3-5-12-6-4-8/h8,12H,3-7H2,1-2H3,(H,13,14)(H,15,16). The van der Waals surface area contributed by atoms with Crippen molar-refractivity contribution in [3.8, 4) is 0 Å². The first kappa shape index (κ1) is 13.0. The van der Waals surface area contributed by atoms with Crippen LogP contribution < -0.4 is 10.6 Å². The summed E-state index contributed by atoms with van der Waals surface area (Å²) in [7, 11) is 0. The van der Waals surface area contributed by atoms with E-state index in [1.54, 1.807) is 13.8 Å². The van der Waals surface area contributed by atoms with Gasteiger partial charge in [0.05, 0.1) is 5.41 Å². The number of amides is 1. The van der Waals surface area contributed by atoms with Gasteiger partial charge < -0.3 is 15.7 Å². The molecule has 3 N–H and O–H groups in total. The maximum Gasteiger partial charge on any atom is 0.309 e. The molecule has 1 rings (SSSR count). The van der Waals surface area contributed by atoms with Gasteiger partial charge in [0.15, 0.2) is 0 Å². The molecule has 16 heavy (non-hydrogen) atoms. The summed E-state index contributed by atoms with van der Waals surface area (Å²) in [5, 5.41) is 15.0. The monoisotopic (exact) mass is 228 g/mol. The molecule has 0 unspecified atom stereocenters. The fourth-order valence-corrected chi connectivity index (χ4v) is 1.72. The first-order valence-electron chi connectivity index (χ1n) is 5.65. The quantitative estimate of drug-likeness (QED) is 0.649. The van der Waals surface area contributed by atoms with Gasteiger partial charge in [-0.25, -0.2) is 0 Å². The van der Waals surface area contributed by atoms with Gasteiger partial charge in [0.1, 0.15) is 0 Å². The van der Waals surface area contributed by atoms with E-state index in [9.17, 15) is 9.59 Å². The van der Waals surface area contributed by atoms with Gasteiger partial charge in [0.25, 0.3) is 0 Å². The molecule has 1 saturated heterocycles. The Morgan fingerprint density at radius 1 is 1.38 bits per heavy atom. The number of carbonyl (C=O) groups excluding carboxylic acids is 1. The molecule has 0 radical (unpaired) electrons. The van der Waals surface area contributed by atoms with Crippen LogP contribution in [0.15, 0.2) is 0 Å². The SMILES string of the molecule is CC(C)(CC(=O)NC1CCNCC1)C(=O)O. The Morgan fingerprint density at radius 2 is 1.94 bits per heavy atom. The van der Waals surface area contributed by atoms with E-state index in [1.807, 2.05) is 0 Å². The average Bonchev–Trinajstić information content (AvgIpc) is 2.17. The molecule has 0 aliphatic carbocycles. The zero-order chi connectivity index (χ0) is 12.2. The second-order valence-electron chi connectivity index (χ2n) is 4.96. The van der Waals surface area contributed by atoms with Crippen molar-refractivity contribution in [1.82, 2.24) is 10.6 Å². The molecule has 1 amide bonds. The largest absolute Gasteiger partial charge is 0.481 e. The summed E-state index contributed by atoms with van der Waals surface area (Å²) in [6, 6.07) is 0.193. The van der Waals surface area contributed by atoms with E-state index in [4.69, 9.17) is 5.11 Å². The Balaban J connectivity index is 2.37. The molecule has 1 heterocycles. The molecule has 0 atom stereocenters. The molecule has 5 heteroatoms. The third kappa shape index (κ3) is 3.81. The summed E-state index contributed by atoms with van der Waals surface area (Å²) >= 11 is 0. The van der Waals surface area contributed by atoms with Crippen LogP contribution in [0.25, 0.3) is 0 Å². The van der Waals surface area contributed by atoms with Gasteiger partial charge >= 0.3 is 5.97 Å². The van der Waals surface area contributed by atoms with E-state index in [0.29, 0.717) is 0 Å². The Morgan fingerprint density at radius 3 is 2.44 bits per heavy atom. The number of piperidine rings is 1. The molecule has 92 valence electrons. The van der Waals surface area contributed by atoms with Crippen molar-refractivity contribution < 1.29 is 14.7 Å². The van der Waals surface area contributed by atoms with E-state index >= 15 is 0 Å². The zero-order valence-corrected chi connectivity index (χ0v) is 9.88. The highest BCUT2D eigenvalue weighted by Crippen LogP contribution is 2.20. The van der Waals surface area contributed by atoms with Crippen molar-refractivity contribution in [2.45, 2.75) is 39.2 Å². The van der Waals surface area contributed by atoms with Gasteiger partial charge in [-0.1, -0.05) is 0 Å². The highest BCUT2D eigenvalue weighted by Gasteiger charge is 2.30. The van der Waals surface area contributed by atoms with E-state index in [-0.39, 0.29) is 18.4 Å². The zero-order valence-electron chi connectivity index (χ0n) is 9.88. The fourth-order valence-electron chi connectivity index (χ4n) is 1.72. The third-order valence-corrected chi connectivity index (χ3v) is 2.89. The summed E-state index contributed by atoms with van der Waals surface area (Å²) in [5.74, 6) is -1.10. The number of nitrogens with one attached hydrogen (secondary N) is 2. The number of aliphatic carboxylic acids is 1. The van der Waals surface area contributed by atoms with Gasteiger partial charge in [-0.15, -0.1) is 0 Å². The summed E-state index contributed by atoms with van der Waals surface area (Å²) < 4.78 is 0. The number of carboxylic acid groups (broad SMARTS) is 1. The minimum Gasteiger partial charge on any atom is -0.481 e. The average molecular weight is 228 g/mol. The van der Waals surface area contributed by atoms with Crippen LogP contribution in [0.4, 0.5) is 0 Å². The number of carbonyl (C=O) groups is 2. The normalized spacial score (nSPS) is 18.1. The lowest BCUT2D eigenvalue weighted by Crippen LogP contribution is -2.44. The highest BCUT2D eigenvalue weighted by molar-refractivity contribution is 5.84. The number of rotatable bonds is 4. The van der Waals surface area contributed by atoms with Crippen LogP contribution in [0.1, 0.15) is 33.1 Å². The molecule has 0 bridgehead atoms. The van der Waals surface area contributed by atoms with Crippen LogP contribution in [0, 0.1) is 5.41 Å². The lowest BCUT2D eigenvalue weighted by Gasteiger charge is -2.25. The van der Waals surface area contributed by atoms with Gasteiger partial charge in [-0.2, -0.15) is 0 Å². The molecule has 0 saturated carbocycles. The number of hydrogen-bond acceptors (Lipinski definition) is 3. The fraction of sp³-hybridized carbons (Fsp3) is 0.818. The predicted molar refractivity (Wildman–Crippen MR) is 60.1 cm³/mol. The summed E-state index contributed by atoms with van der Waals surface area (Å²) in [6.07, 6.45) is 1.87. The molecule has 1 aliphatic heterocycles. The van der Waals surface area contributed by atoms with E-state index in [2.05, 4.69) is 10.6 Å². The first-order chi connectivity index (χ1) is 7.42. The van der Waals surface area contributed by atoms with E-state index in [1.165, 1.54) is 0 Å². The van der Waals surface area contributed by atoms with Gasteiger partial charge in [-0.05, 0) is 39.8 Å². The van der Waals surface area contributed by atoms with E-state index in [0.717, 1.165) is 25.9 Å². The van der Waals surface area contributed by atoms with Crippen LogP contribution in [0.3, 0.4) is 0 Å². The third-order valence-electron chi connectivity index (χ3n) is 2.89. The molecule has 0 aromatic heterocycles. The molecule has 0 aromatic rings. The smallest absolute Gasteiger partial charge is 0.309 e. The van der Waals surface area contributed by atoms with Crippen LogP contribution in [-0.4, -0.2) is 36.1 Å². The molecule has 1 fully saturated rings. The van der Waals surface area contributed by atoms with Crippen molar-refractivity contribution in [3.05, 3.63) is 0 Å². The van der Waals surface area contributed by atoms with Crippen molar-refractivity contribution in [2.24, 2.45) is 5.41 Å². The minimum atomic E-state index is -0.989. The Bertz CT molecular complexity index is 270. The van der Waals surface area contributed by atoms with Crippen molar-refractivity contribution >= 4 is 11.9 Å². The molecule has 5 nitrogen and oxygen atoms in total. The van der Waals surface area contributed by atoms with Crippen LogP contribution in [0.5, 0.6) is 0 Å². The van der Waals surface area contributed by atoms with Gasteiger partial charge in [0, 0.05) is 12.5 Å². The maximum atomic E-state index is 11.6. The molecule has 1 aliphatic rings. The topological polar surface area (TPSA) is 78.4 Å². The maximum absolute atomic E-state index is 11.6. The van der Waals surface area contributed by atoms with Gasteiger partial charge in [-0.3, -0.25) is 9.59 Å². The number of hydrogen-bond donors (Lipinski definition) is 3.